The molecule has 27 heavy (non-hydrogen) atoms. The fourth-order valence-electron chi connectivity index (χ4n) is 3.07. The highest BCUT2D eigenvalue weighted by Crippen LogP contribution is 2.23. The fourth-order valence-corrected chi connectivity index (χ4v) is 4.76. The molecule has 0 bridgehead atoms. The largest absolute Gasteiger partial charge is 0.326 e. The molecule has 144 valence electrons. The van der Waals surface area contributed by atoms with E-state index in [-0.39, 0.29) is 41.9 Å². The van der Waals surface area contributed by atoms with Crippen LogP contribution in [-0.4, -0.2) is 54.4 Å². The molecule has 0 radical (unpaired) electrons. The average Bonchev–Trinajstić information content (AvgIpc) is 2.94. The molecule has 3 amide bonds. The summed E-state index contributed by atoms with van der Waals surface area (Å²) in [6.07, 6.45) is 0.617. The zero-order valence-corrected chi connectivity index (χ0v) is 15.6. The second kappa shape index (κ2) is 7.47. The normalized spacial score (nSPS) is 21.5. The Morgan fingerprint density at radius 2 is 1.89 bits per heavy atom. The minimum atomic E-state index is -3.17. The minimum absolute atomic E-state index is 0.0223. The molecule has 1 saturated heterocycles. The summed E-state index contributed by atoms with van der Waals surface area (Å²) < 4.78 is 23.3. The molecule has 2 N–H and O–H groups in total. The number of nitrogens with zero attached hydrogens (tertiary/aromatic N) is 2. The van der Waals surface area contributed by atoms with Crippen LogP contribution in [0.15, 0.2) is 29.4 Å². The molecule has 3 rings (SSSR count). The number of rotatable bonds is 4. The number of hydrogen-bond donors (Lipinski definition) is 2. The van der Waals surface area contributed by atoms with E-state index in [2.05, 4.69) is 15.7 Å². The maximum absolute atomic E-state index is 12.5. The molecule has 2 aliphatic heterocycles. The zero-order chi connectivity index (χ0) is 19.6. The molecule has 1 fully saturated rings. The smallest absolute Gasteiger partial charge is 0.271 e. The Labute approximate surface area is 156 Å². The van der Waals surface area contributed by atoms with E-state index in [9.17, 15) is 22.8 Å². The summed E-state index contributed by atoms with van der Waals surface area (Å²) in [5, 5.41) is 10.6. The minimum Gasteiger partial charge on any atom is -0.326 e. The van der Waals surface area contributed by atoms with Crippen molar-refractivity contribution in [3.63, 3.8) is 0 Å². The van der Waals surface area contributed by atoms with Crippen molar-refractivity contribution in [3.8, 4) is 0 Å². The van der Waals surface area contributed by atoms with Crippen LogP contribution in [0.2, 0.25) is 0 Å². The standard InChI is InChI=1S/C17H20N4O5S/c1-11(22)18-12-3-2-4-13(9-12)19-17(24)15-5-6-16(23)21(20-15)14-7-8-27(25,26)10-14/h2-4,9,14H,5-8,10H2,1H3,(H,18,22)(H,19,24). The fraction of sp³-hybridized carbons (Fsp3) is 0.412. The third-order valence-electron chi connectivity index (χ3n) is 4.32. The Balaban J connectivity index is 1.73. The van der Waals surface area contributed by atoms with Gasteiger partial charge in [0, 0.05) is 31.1 Å². The summed E-state index contributed by atoms with van der Waals surface area (Å²) >= 11 is 0. The Hall–Kier alpha value is -2.75. The highest BCUT2D eigenvalue weighted by atomic mass is 32.2. The Morgan fingerprint density at radius 3 is 2.52 bits per heavy atom. The van der Waals surface area contributed by atoms with Crippen LogP contribution in [0.25, 0.3) is 0 Å². The van der Waals surface area contributed by atoms with Gasteiger partial charge in [0.2, 0.25) is 11.8 Å². The first-order chi connectivity index (χ1) is 12.7. The Morgan fingerprint density at radius 1 is 1.19 bits per heavy atom. The van der Waals surface area contributed by atoms with Crippen molar-refractivity contribution in [2.45, 2.75) is 32.2 Å². The van der Waals surface area contributed by atoms with Gasteiger partial charge < -0.3 is 10.6 Å². The summed E-state index contributed by atoms with van der Waals surface area (Å²) in [4.78, 5) is 35.8. The second-order valence-electron chi connectivity index (χ2n) is 6.56. The lowest BCUT2D eigenvalue weighted by Crippen LogP contribution is -2.42. The molecular weight excluding hydrogens is 372 g/mol. The molecule has 1 unspecified atom stereocenters. The zero-order valence-electron chi connectivity index (χ0n) is 14.8. The quantitative estimate of drug-likeness (QED) is 0.782. The van der Waals surface area contributed by atoms with Crippen molar-refractivity contribution >= 4 is 44.6 Å². The Kier molecular flexibility index (Phi) is 5.26. The molecule has 0 saturated carbocycles. The van der Waals surface area contributed by atoms with E-state index in [0.29, 0.717) is 17.8 Å². The number of nitrogens with one attached hydrogen (secondary N) is 2. The summed E-state index contributed by atoms with van der Waals surface area (Å²) in [5.41, 5.74) is 1.18. The average molecular weight is 392 g/mol. The van der Waals surface area contributed by atoms with E-state index in [4.69, 9.17) is 0 Å². The maximum atomic E-state index is 12.5. The van der Waals surface area contributed by atoms with E-state index in [1.54, 1.807) is 24.3 Å². The van der Waals surface area contributed by atoms with Gasteiger partial charge in [-0.1, -0.05) is 6.07 Å². The number of anilines is 2. The highest BCUT2D eigenvalue weighted by Gasteiger charge is 2.37. The summed E-state index contributed by atoms with van der Waals surface area (Å²) in [5.74, 6) is -1.07. The molecule has 1 aromatic carbocycles. The first kappa shape index (κ1) is 19.0. The predicted molar refractivity (Wildman–Crippen MR) is 99.9 cm³/mol. The molecular formula is C17H20N4O5S. The van der Waals surface area contributed by atoms with Gasteiger partial charge in [-0.05, 0) is 24.6 Å². The first-order valence-corrected chi connectivity index (χ1v) is 10.3. The SMILES string of the molecule is CC(=O)Nc1cccc(NC(=O)C2=NN(C3CCS(=O)(=O)C3)C(=O)CC2)c1. The Bertz CT molecular complexity index is 925. The number of benzene rings is 1. The lowest BCUT2D eigenvalue weighted by Gasteiger charge is -2.27. The lowest BCUT2D eigenvalue weighted by atomic mass is 10.1. The van der Waals surface area contributed by atoms with Gasteiger partial charge in [0.1, 0.15) is 5.71 Å². The van der Waals surface area contributed by atoms with Crippen molar-refractivity contribution in [3.05, 3.63) is 24.3 Å². The monoisotopic (exact) mass is 392 g/mol. The van der Waals surface area contributed by atoms with Crippen LogP contribution in [-0.2, 0) is 24.2 Å². The maximum Gasteiger partial charge on any atom is 0.271 e. The topological polar surface area (TPSA) is 125 Å². The van der Waals surface area contributed by atoms with E-state index in [0.717, 1.165) is 5.01 Å². The van der Waals surface area contributed by atoms with Crippen molar-refractivity contribution < 1.29 is 22.8 Å². The number of carbonyl (C=O) groups is 3. The number of carbonyl (C=O) groups excluding carboxylic acids is 3. The van der Waals surface area contributed by atoms with E-state index >= 15 is 0 Å². The lowest BCUT2D eigenvalue weighted by molar-refractivity contribution is -0.133. The molecule has 9 nitrogen and oxygen atoms in total. The first-order valence-electron chi connectivity index (χ1n) is 8.52. The number of amides is 3. The summed E-state index contributed by atoms with van der Waals surface area (Å²) in [6.45, 7) is 1.39. The molecule has 0 aromatic heterocycles. The van der Waals surface area contributed by atoms with Crippen LogP contribution in [0.1, 0.15) is 26.2 Å². The molecule has 2 aliphatic rings. The van der Waals surface area contributed by atoms with Crippen LogP contribution in [0.3, 0.4) is 0 Å². The summed E-state index contributed by atoms with van der Waals surface area (Å²) in [6, 6.07) is 6.13. The van der Waals surface area contributed by atoms with Gasteiger partial charge in [-0.2, -0.15) is 5.10 Å². The van der Waals surface area contributed by atoms with Gasteiger partial charge in [0.15, 0.2) is 9.84 Å². The number of hydrogen-bond acceptors (Lipinski definition) is 6. The molecule has 2 heterocycles. The molecule has 1 atom stereocenters. The van der Waals surface area contributed by atoms with Gasteiger partial charge in [0.25, 0.3) is 5.91 Å². The van der Waals surface area contributed by atoms with Crippen LogP contribution in [0.4, 0.5) is 11.4 Å². The van der Waals surface area contributed by atoms with Crippen molar-refractivity contribution in [2.75, 3.05) is 22.1 Å². The predicted octanol–water partition coefficient (Wildman–Crippen LogP) is 0.749. The van der Waals surface area contributed by atoms with Gasteiger partial charge in [-0.25, -0.2) is 13.4 Å². The number of sulfone groups is 1. The molecule has 0 aliphatic carbocycles. The third kappa shape index (κ3) is 4.70. The van der Waals surface area contributed by atoms with Gasteiger partial charge in [-0.15, -0.1) is 0 Å². The van der Waals surface area contributed by atoms with E-state index in [1.807, 2.05) is 0 Å². The molecule has 0 spiro atoms. The van der Waals surface area contributed by atoms with Crippen LogP contribution in [0.5, 0.6) is 0 Å². The third-order valence-corrected chi connectivity index (χ3v) is 6.07. The van der Waals surface area contributed by atoms with Crippen molar-refractivity contribution in [2.24, 2.45) is 5.10 Å². The second-order valence-corrected chi connectivity index (χ2v) is 8.79. The van der Waals surface area contributed by atoms with Crippen molar-refractivity contribution in [1.82, 2.24) is 5.01 Å². The van der Waals surface area contributed by atoms with Crippen LogP contribution < -0.4 is 10.6 Å². The highest BCUT2D eigenvalue weighted by molar-refractivity contribution is 7.91. The van der Waals surface area contributed by atoms with Gasteiger partial charge in [0.05, 0.1) is 17.5 Å². The molecule has 1 aromatic rings. The summed E-state index contributed by atoms with van der Waals surface area (Å²) in [7, 11) is -3.17. The molecule has 10 heteroatoms. The number of hydrazone groups is 1. The van der Waals surface area contributed by atoms with E-state index < -0.39 is 21.8 Å². The van der Waals surface area contributed by atoms with Crippen LogP contribution in [0, 0.1) is 0 Å². The van der Waals surface area contributed by atoms with Crippen LogP contribution >= 0.6 is 0 Å². The van der Waals surface area contributed by atoms with Crippen molar-refractivity contribution in [1.29, 1.82) is 0 Å². The van der Waals surface area contributed by atoms with E-state index in [1.165, 1.54) is 6.92 Å². The van der Waals surface area contributed by atoms with Gasteiger partial charge >= 0.3 is 0 Å². The van der Waals surface area contributed by atoms with Gasteiger partial charge in [-0.3, -0.25) is 14.4 Å².